The van der Waals surface area contributed by atoms with Crippen molar-refractivity contribution < 1.29 is 4.42 Å². The average molecular weight is 773 g/mol. The fraction of sp³-hybridized carbons (Fsp3) is 0.222. The van der Waals surface area contributed by atoms with Crippen LogP contribution in [-0.4, -0.2) is 8.80 Å². The highest BCUT2D eigenvalue weighted by Gasteiger charge is 2.30. The minimum absolute atomic E-state index is 0.0234. The molecular formula is C54H48N2OS. The van der Waals surface area contributed by atoms with E-state index in [-0.39, 0.29) is 10.8 Å². The molecule has 0 aliphatic carbocycles. The average Bonchev–Trinajstić information content (AvgIpc) is 3.71. The van der Waals surface area contributed by atoms with Gasteiger partial charge in [0.25, 0.3) is 0 Å². The molecule has 0 spiro atoms. The molecular weight excluding hydrogens is 725 g/mol. The first-order valence-electron chi connectivity index (χ1n) is 20.6. The van der Waals surface area contributed by atoms with E-state index in [2.05, 4.69) is 187 Å². The van der Waals surface area contributed by atoms with Crippen LogP contribution >= 0.6 is 11.3 Å². The van der Waals surface area contributed by atoms with Gasteiger partial charge in [0.15, 0.2) is 11.2 Å². The molecule has 4 heterocycles. The van der Waals surface area contributed by atoms with E-state index in [4.69, 9.17) is 4.42 Å². The molecule has 0 atom stereocenters. The zero-order valence-electron chi connectivity index (χ0n) is 35.1. The summed E-state index contributed by atoms with van der Waals surface area (Å²) in [4.78, 5) is 0. The first-order chi connectivity index (χ1) is 27.7. The molecule has 0 bridgehead atoms. The molecule has 0 saturated heterocycles. The lowest BCUT2D eigenvalue weighted by atomic mass is 9.86. The van der Waals surface area contributed by atoms with Gasteiger partial charge in [-0.2, -0.15) is 0 Å². The Morgan fingerprint density at radius 1 is 0.448 bits per heavy atom. The molecule has 0 aliphatic rings. The molecule has 4 aromatic heterocycles. The molecule has 0 N–H and O–H groups in total. The Labute approximate surface area is 343 Å². The van der Waals surface area contributed by atoms with Gasteiger partial charge in [-0.3, -0.25) is 0 Å². The largest absolute Gasteiger partial charge is 0.452 e. The van der Waals surface area contributed by atoms with E-state index in [9.17, 15) is 0 Å². The molecule has 0 aliphatic heterocycles. The molecule has 0 radical (unpaired) electrons. The number of nitrogens with zero attached hydrogens (tertiary/aromatic N) is 2. The van der Waals surface area contributed by atoms with E-state index in [1.165, 1.54) is 103 Å². The maximum atomic E-state index is 7.63. The lowest BCUT2D eigenvalue weighted by Crippen LogP contribution is -2.10. The van der Waals surface area contributed by atoms with E-state index < -0.39 is 0 Å². The summed E-state index contributed by atoms with van der Waals surface area (Å²) in [5.41, 5.74) is 21.6. The van der Waals surface area contributed by atoms with Crippen molar-refractivity contribution in [2.45, 2.75) is 80.1 Å². The predicted molar refractivity (Wildman–Crippen MR) is 251 cm³/mol. The minimum atomic E-state index is -0.0314. The Hall–Kier alpha value is -5.84. The minimum Gasteiger partial charge on any atom is -0.452 e. The first-order valence-corrected chi connectivity index (χ1v) is 21.4. The molecule has 7 aromatic carbocycles. The number of hydrogen-bond acceptors (Lipinski definition) is 2. The summed E-state index contributed by atoms with van der Waals surface area (Å²) in [7, 11) is 0. The Bertz CT molecular complexity index is 3290. The third-order valence-corrected chi connectivity index (χ3v) is 14.2. The first kappa shape index (κ1) is 35.3. The summed E-state index contributed by atoms with van der Waals surface area (Å²) < 4.78 is 15.3. The second kappa shape index (κ2) is 11.9. The quantitative estimate of drug-likeness (QED) is 0.160. The van der Waals surface area contributed by atoms with E-state index in [1.807, 2.05) is 11.3 Å². The fourth-order valence-corrected chi connectivity index (χ4v) is 11.4. The van der Waals surface area contributed by atoms with Crippen LogP contribution in [0.2, 0.25) is 0 Å². The fourth-order valence-electron chi connectivity index (χ4n) is 10.0. The Morgan fingerprint density at radius 2 is 0.931 bits per heavy atom. The van der Waals surface area contributed by atoms with Crippen LogP contribution in [0.5, 0.6) is 0 Å². The van der Waals surface area contributed by atoms with Gasteiger partial charge in [-0.1, -0.05) is 114 Å². The standard InChI is InChI=1S/C54H48N2OS/c1-29-15-11-16-30(2)43(29)35-19-13-21-41-49(35)57-50-45-37-27-33(53(5,6)7)23-25-39(37)56-42-22-14-20-36(44-31(3)17-12-18-32(44)4)51(42)58-52(48(45)56)46-38-28-34(54(8,9)10)24-26-40(38)55(41)47(46)50/h11-28H,1-10H3. The van der Waals surface area contributed by atoms with E-state index in [0.717, 1.165) is 27.8 Å². The van der Waals surface area contributed by atoms with Crippen molar-refractivity contribution >= 4 is 86.5 Å². The maximum Gasteiger partial charge on any atom is 0.162 e. The summed E-state index contributed by atoms with van der Waals surface area (Å²) in [5, 5.41) is 4.94. The zero-order chi connectivity index (χ0) is 40.2. The molecule has 0 amide bonds. The van der Waals surface area contributed by atoms with Crippen molar-refractivity contribution in [3.8, 4) is 22.3 Å². The smallest absolute Gasteiger partial charge is 0.162 e. The summed E-state index contributed by atoms with van der Waals surface area (Å²) >= 11 is 1.95. The van der Waals surface area contributed by atoms with Crippen molar-refractivity contribution in [2.75, 3.05) is 0 Å². The molecule has 0 fully saturated rings. The van der Waals surface area contributed by atoms with Crippen molar-refractivity contribution in [3.63, 3.8) is 0 Å². The number of fused-ring (bicyclic) bond motifs is 12. The van der Waals surface area contributed by atoms with Gasteiger partial charge in [0.2, 0.25) is 0 Å². The van der Waals surface area contributed by atoms with Gasteiger partial charge >= 0.3 is 0 Å². The van der Waals surface area contributed by atoms with Crippen molar-refractivity contribution in [1.82, 2.24) is 8.80 Å². The van der Waals surface area contributed by atoms with Gasteiger partial charge in [0, 0.05) is 27.3 Å². The number of aromatic nitrogens is 2. The van der Waals surface area contributed by atoms with Crippen LogP contribution in [0, 0.1) is 27.7 Å². The summed E-state index contributed by atoms with van der Waals surface area (Å²) in [5.74, 6) is 0. The van der Waals surface area contributed by atoms with Gasteiger partial charge < -0.3 is 13.2 Å². The van der Waals surface area contributed by atoms with E-state index in [1.54, 1.807) is 0 Å². The number of rotatable bonds is 2. The monoisotopic (exact) mass is 772 g/mol. The Kier molecular flexibility index (Phi) is 7.23. The van der Waals surface area contributed by atoms with Gasteiger partial charge in [-0.15, -0.1) is 11.3 Å². The molecule has 11 aromatic rings. The highest BCUT2D eigenvalue weighted by Crippen LogP contribution is 2.52. The van der Waals surface area contributed by atoms with Gasteiger partial charge in [0.1, 0.15) is 0 Å². The van der Waals surface area contributed by atoms with Crippen LogP contribution in [0.3, 0.4) is 0 Å². The Balaban J connectivity index is 1.47. The van der Waals surface area contributed by atoms with Gasteiger partial charge in [-0.05, 0) is 119 Å². The van der Waals surface area contributed by atoms with Crippen LogP contribution in [0.1, 0.15) is 74.9 Å². The summed E-state index contributed by atoms with van der Waals surface area (Å²) in [6.45, 7) is 22.8. The number of para-hydroxylation sites is 1. The van der Waals surface area contributed by atoms with Gasteiger partial charge in [0.05, 0.1) is 47.9 Å². The van der Waals surface area contributed by atoms with Gasteiger partial charge in [-0.25, -0.2) is 0 Å². The van der Waals surface area contributed by atoms with Crippen LogP contribution in [0.4, 0.5) is 0 Å². The van der Waals surface area contributed by atoms with Crippen LogP contribution in [0.15, 0.2) is 114 Å². The lowest BCUT2D eigenvalue weighted by Gasteiger charge is -2.19. The lowest BCUT2D eigenvalue weighted by molar-refractivity contribution is 0.591. The highest BCUT2D eigenvalue weighted by atomic mass is 32.1. The molecule has 3 nitrogen and oxygen atoms in total. The molecule has 0 saturated carbocycles. The molecule has 286 valence electrons. The Morgan fingerprint density at radius 3 is 1.50 bits per heavy atom. The highest BCUT2D eigenvalue weighted by molar-refractivity contribution is 7.26. The third-order valence-electron chi connectivity index (χ3n) is 12.9. The van der Waals surface area contributed by atoms with Crippen molar-refractivity contribution in [3.05, 3.63) is 143 Å². The van der Waals surface area contributed by atoms with Crippen LogP contribution < -0.4 is 0 Å². The number of hydrogen-bond donors (Lipinski definition) is 0. The zero-order valence-corrected chi connectivity index (χ0v) is 35.9. The number of aryl methyl sites for hydroxylation is 4. The maximum absolute atomic E-state index is 7.63. The number of benzene rings is 7. The molecule has 0 unspecified atom stereocenters. The summed E-state index contributed by atoms with van der Waals surface area (Å²) in [6, 6.07) is 41.2. The normalized spacial score (nSPS) is 13.0. The second-order valence-corrected chi connectivity index (χ2v) is 19.8. The molecule has 11 rings (SSSR count). The van der Waals surface area contributed by atoms with Crippen molar-refractivity contribution in [1.29, 1.82) is 0 Å². The van der Waals surface area contributed by atoms with Crippen LogP contribution in [0.25, 0.3) is 97.5 Å². The van der Waals surface area contributed by atoms with Crippen molar-refractivity contribution in [2.24, 2.45) is 0 Å². The van der Waals surface area contributed by atoms with E-state index in [0.29, 0.717) is 0 Å². The van der Waals surface area contributed by atoms with E-state index >= 15 is 0 Å². The molecule has 4 heteroatoms. The second-order valence-electron chi connectivity index (χ2n) is 18.8. The molecule has 58 heavy (non-hydrogen) atoms. The SMILES string of the molecule is Cc1cccc(C)c1-c1cccc2c1oc1c3c4cc(C(C)(C)C)ccc4n4c5cccc(-c6c(C)cccc6C)c5sc(c5c6cc(C(C)(C)C)ccc6n2c15)c34. The third kappa shape index (κ3) is 4.73. The topological polar surface area (TPSA) is 22.0 Å². The summed E-state index contributed by atoms with van der Waals surface area (Å²) in [6.07, 6.45) is 0. The predicted octanol–water partition coefficient (Wildman–Crippen LogP) is 15.9. The van der Waals surface area contributed by atoms with Crippen LogP contribution in [-0.2, 0) is 10.8 Å².